The van der Waals surface area contributed by atoms with E-state index in [1.807, 2.05) is 4.90 Å². The van der Waals surface area contributed by atoms with Crippen LogP contribution in [0, 0.1) is 0 Å². The third-order valence-electron chi connectivity index (χ3n) is 2.59. The van der Waals surface area contributed by atoms with Gasteiger partial charge in [-0.05, 0) is 26.3 Å². The van der Waals surface area contributed by atoms with Gasteiger partial charge in [-0.2, -0.15) is 0 Å². The fourth-order valence-electron chi connectivity index (χ4n) is 1.90. The van der Waals surface area contributed by atoms with Crippen LogP contribution in [-0.4, -0.2) is 55.7 Å². The Morgan fingerprint density at radius 2 is 2.21 bits per heavy atom. The molecular weight excluding hydrogens is 202 g/mol. The monoisotopic (exact) mass is 221 g/mol. The number of hydrogen-bond donors (Lipinski definition) is 1. The fourth-order valence-corrected chi connectivity index (χ4v) is 2.98. The SMILES string of the molecule is C[C@H](O)CN1CCCC(S(C)(=O)=O)C1. The van der Waals surface area contributed by atoms with Crippen molar-refractivity contribution in [1.29, 1.82) is 0 Å². The molecule has 0 amide bonds. The summed E-state index contributed by atoms with van der Waals surface area (Å²) in [7, 11) is -2.92. The number of rotatable bonds is 3. The van der Waals surface area contributed by atoms with Crippen LogP contribution in [0.25, 0.3) is 0 Å². The van der Waals surface area contributed by atoms with Crippen molar-refractivity contribution in [2.75, 3.05) is 25.9 Å². The first-order chi connectivity index (χ1) is 6.39. The summed E-state index contributed by atoms with van der Waals surface area (Å²) in [5.74, 6) is 0. The maximum absolute atomic E-state index is 11.3. The molecule has 0 aromatic rings. The predicted molar refractivity (Wildman–Crippen MR) is 56.0 cm³/mol. The molecule has 0 bridgehead atoms. The van der Waals surface area contributed by atoms with Crippen molar-refractivity contribution in [3.8, 4) is 0 Å². The molecule has 14 heavy (non-hydrogen) atoms. The molecule has 2 atom stereocenters. The topological polar surface area (TPSA) is 57.6 Å². The average Bonchev–Trinajstić information content (AvgIpc) is 2.01. The van der Waals surface area contributed by atoms with Crippen LogP contribution in [-0.2, 0) is 9.84 Å². The van der Waals surface area contributed by atoms with Crippen LogP contribution < -0.4 is 0 Å². The molecule has 1 aliphatic rings. The maximum Gasteiger partial charge on any atom is 0.151 e. The van der Waals surface area contributed by atoms with Gasteiger partial charge in [-0.25, -0.2) is 8.42 Å². The third-order valence-corrected chi connectivity index (χ3v) is 4.19. The van der Waals surface area contributed by atoms with E-state index in [1.165, 1.54) is 6.26 Å². The Morgan fingerprint density at radius 3 is 2.71 bits per heavy atom. The van der Waals surface area contributed by atoms with Gasteiger partial charge < -0.3 is 5.11 Å². The largest absolute Gasteiger partial charge is 0.392 e. The second-order valence-electron chi connectivity index (χ2n) is 4.20. The summed E-state index contributed by atoms with van der Waals surface area (Å²) in [6.45, 7) is 3.77. The molecule has 1 rings (SSSR count). The number of aliphatic hydroxyl groups excluding tert-OH is 1. The van der Waals surface area contributed by atoms with Gasteiger partial charge in [0.2, 0.25) is 0 Å². The number of β-amino-alcohol motifs (C(OH)–C–C–N with tert-alkyl or cyclic N) is 1. The highest BCUT2D eigenvalue weighted by Crippen LogP contribution is 2.16. The first kappa shape index (κ1) is 11.9. The number of hydrogen-bond acceptors (Lipinski definition) is 4. The van der Waals surface area contributed by atoms with Gasteiger partial charge in [0.1, 0.15) is 0 Å². The minimum atomic E-state index is -2.92. The second-order valence-corrected chi connectivity index (χ2v) is 6.53. The Kier molecular flexibility index (Phi) is 3.92. The summed E-state index contributed by atoms with van der Waals surface area (Å²) in [5.41, 5.74) is 0. The lowest BCUT2D eigenvalue weighted by Crippen LogP contribution is -2.44. The Hall–Kier alpha value is -0.130. The molecule has 0 aromatic carbocycles. The number of piperidine rings is 1. The van der Waals surface area contributed by atoms with Gasteiger partial charge in [0.05, 0.1) is 11.4 Å². The van der Waals surface area contributed by atoms with E-state index >= 15 is 0 Å². The van der Waals surface area contributed by atoms with Crippen molar-refractivity contribution < 1.29 is 13.5 Å². The van der Waals surface area contributed by atoms with Crippen molar-refractivity contribution in [3.63, 3.8) is 0 Å². The summed E-state index contributed by atoms with van der Waals surface area (Å²) in [5, 5.41) is 8.96. The lowest BCUT2D eigenvalue weighted by atomic mass is 10.1. The Bertz CT molecular complexity index is 274. The van der Waals surface area contributed by atoms with E-state index in [0.29, 0.717) is 13.1 Å². The van der Waals surface area contributed by atoms with Crippen LogP contribution >= 0.6 is 0 Å². The van der Waals surface area contributed by atoms with Gasteiger partial charge in [0.25, 0.3) is 0 Å². The molecule has 1 saturated heterocycles. The van der Waals surface area contributed by atoms with Crippen LogP contribution in [0.4, 0.5) is 0 Å². The molecule has 0 spiro atoms. The van der Waals surface area contributed by atoms with Gasteiger partial charge in [0, 0.05) is 19.3 Å². The number of likely N-dealkylation sites (tertiary alicyclic amines) is 1. The standard InChI is InChI=1S/C9H19NO3S/c1-8(11)6-10-5-3-4-9(7-10)14(2,12)13/h8-9,11H,3-7H2,1-2H3/t8-,9?/m0/s1. The molecule has 0 aliphatic carbocycles. The number of nitrogens with zero attached hydrogens (tertiary/aromatic N) is 1. The Balaban J connectivity index is 2.52. The lowest BCUT2D eigenvalue weighted by molar-refractivity contribution is 0.115. The van der Waals surface area contributed by atoms with Crippen LogP contribution in [0.15, 0.2) is 0 Å². The average molecular weight is 221 g/mol. The predicted octanol–water partition coefficient (Wildman–Crippen LogP) is -0.124. The molecule has 1 N–H and O–H groups in total. The van der Waals surface area contributed by atoms with Crippen molar-refractivity contribution in [2.24, 2.45) is 0 Å². The van der Waals surface area contributed by atoms with E-state index in [0.717, 1.165) is 19.4 Å². The smallest absolute Gasteiger partial charge is 0.151 e. The molecule has 1 fully saturated rings. The zero-order chi connectivity index (χ0) is 10.8. The normalized spacial score (nSPS) is 27.5. The Morgan fingerprint density at radius 1 is 1.57 bits per heavy atom. The first-order valence-electron chi connectivity index (χ1n) is 4.99. The van der Waals surface area contributed by atoms with Crippen molar-refractivity contribution in [1.82, 2.24) is 4.90 Å². The minimum Gasteiger partial charge on any atom is -0.392 e. The summed E-state index contributed by atoms with van der Waals surface area (Å²) >= 11 is 0. The number of aliphatic hydroxyl groups is 1. The minimum absolute atomic E-state index is 0.241. The van der Waals surface area contributed by atoms with Gasteiger partial charge >= 0.3 is 0 Å². The van der Waals surface area contributed by atoms with Gasteiger partial charge in [-0.1, -0.05) is 0 Å². The van der Waals surface area contributed by atoms with E-state index in [1.54, 1.807) is 6.92 Å². The molecule has 1 heterocycles. The molecule has 1 aliphatic heterocycles. The highest BCUT2D eigenvalue weighted by atomic mass is 32.2. The van der Waals surface area contributed by atoms with E-state index in [4.69, 9.17) is 0 Å². The summed E-state index contributed by atoms with van der Waals surface area (Å²) < 4.78 is 22.7. The molecule has 5 heteroatoms. The summed E-state index contributed by atoms with van der Waals surface area (Å²) in [6.07, 6.45) is 2.58. The molecule has 0 aromatic heterocycles. The lowest BCUT2D eigenvalue weighted by Gasteiger charge is -2.32. The molecule has 0 radical (unpaired) electrons. The van der Waals surface area contributed by atoms with Gasteiger partial charge in [-0.15, -0.1) is 0 Å². The summed E-state index contributed by atoms with van der Waals surface area (Å²) in [6, 6.07) is 0. The van der Waals surface area contributed by atoms with E-state index in [-0.39, 0.29) is 11.4 Å². The fraction of sp³-hybridized carbons (Fsp3) is 1.00. The maximum atomic E-state index is 11.3. The number of sulfone groups is 1. The third kappa shape index (κ3) is 3.55. The van der Waals surface area contributed by atoms with Crippen molar-refractivity contribution in [3.05, 3.63) is 0 Å². The molecule has 0 saturated carbocycles. The van der Waals surface area contributed by atoms with Crippen LogP contribution in [0.3, 0.4) is 0 Å². The van der Waals surface area contributed by atoms with Crippen LogP contribution in [0.2, 0.25) is 0 Å². The molecule has 84 valence electrons. The van der Waals surface area contributed by atoms with E-state index in [2.05, 4.69) is 0 Å². The first-order valence-corrected chi connectivity index (χ1v) is 6.94. The molecule has 4 nitrogen and oxygen atoms in total. The van der Waals surface area contributed by atoms with E-state index in [9.17, 15) is 13.5 Å². The van der Waals surface area contributed by atoms with Gasteiger partial charge in [0.15, 0.2) is 9.84 Å². The highest BCUT2D eigenvalue weighted by Gasteiger charge is 2.27. The molecule has 1 unspecified atom stereocenters. The van der Waals surface area contributed by atoms with Gasteiger partial charge in [-0.3, -0.25) is 4.90 Å². The second kappa shape index (κ2) is 4.59. The zero-order valence-corrected chi connectivity index (χ0v) is 9.63. The highest BCUT2D eigenvalue weighted by molar-refractivity contribution is 7.91. The zero-order valence-electron chi connectivity index (χ0n) is 8.81. The van der Waals surface area contributed by atoms with E-state index < -0.39 is 9.84 Å². The van der Waals surface area contributed by atoms with Crippen molar-refractivity contribution in [2.45, 2.75) is 31.1 Å². The molecular formula is C9H19NO3S. The van der Waals surface area contributed by atoms with Crippen molar-refractivity contribution >= 4 is 9.84 Å². The quantitative estimate of drug-likeness (QED) is 0.721. The van der Waals surface area contributed by atoms with Crippen LogP contribution in [0.5, 0.6) is 0 Å². The summed E-state index contributed by atoms with van der Waals surface area (Å²) in [4.78, 5) is 2.03. The Labute approximate surface area is 85.8 Å². The van der Waals surface area contributed by atoms with Crippen LogP contribution in [0.1, 0.15) is 19.8 Å².